The minimum absolute atomic E-state index is 0.0978. The van der Waals surface area contributed by atoms with Crippen molar-refractivity contribution in [2.75, 3.05) is 38.5 Å². The van der Waals surface area contributed by atoms with Crippen molar-refractivity contribution in [2.45, 2.75) is 32.1 Å². The molecule has 0 spiro atoms. The number of anilines is 1. The number of hydrogen-bond acceptors (Lipinski definition) is 5. The van der Waals surface area contributed by atoms with Gasteiger partial charge in [-0.2, -0.15) is 0 Å². The van der Waals surface area contributed by atoms with Crippen LogP contribution in [0.15, 0.2) is 6.20 Å². The van der Waals surface area contributed by atoms with Crippen LogP contribution in [0.5, 0.6) is 0 Å². The van der Waals surface area contributed by atoms with E-state index in [-0.39, 0.29) is 5.91 Å². The molecule has 5 nitrogen and oxygen atoms in total. The Bertz CT molecular complexity index is 476. The van der Waals surface area contributed by atoms with E-state index in [0.29, 0.717) is 10.0 Å². The minimum atomic E-state index is 0.0978. The largest absolute Gasteiger partial charge is 0.375 e. The van der Waals surface area contributed by atoms with Crippen molar-refractivity contribution < 1.29 is 4.79 Å². The molecule has 2 saturated heterocycles. The van der Waals surface area contributed by atoms with E-state index in [1.54, 1.807) is 6.20 Å². The summed E-state index contributed by atoms with van der Waals surface area (Å²) >= 11 is 1.29. The lowest BCUT2D eigenvalue weighted by atomic mass is 9.95. The maximum Gasteiger partial charge on any atom is 0.265 e. The molecule has 2 aliphatic heterocycles. The van der Waals surface area contributed by atoms with Gasteiger partial charge >= 0.3 is 0 Å². The van der Waals surface area contributed by atoms with Crippen molar-refractivity contribution in [1.29, 1.82) is 0 Å². The monoisotopic (exact) mass is 308 g/mol. The number of aromatic nitrogens is 1. The highest BCUT2D eigenvalue weighted by Gasteiger charge is 2.26. The number of hydrogen-bond donors (Lipinski definition) is 1. The molecule has 116 valence electrons. The first-order valence-corrected chi connectivity index (χ1v) is 8.77. The summed E-state index contributed by atoms with van der Waals surface area (Å²) in [4.78, 5) is 21.5. The average Bonchev–Trinajstić information content (AvgIpc) is 2.95. The van der Waals surface area contributed by atoms with Crippen LogP contribution in [-0.4, -0.2) is 53.4 Å². The van der Waals surface area contributed by atoms with E-state index in [1.807, 2.05) is 4.90 Å². The fourth-order valence-corrected chi connectivity index (χ4v) is 4.02. The van der Waals surface area contributed by atoms with Crippen LogP contribution in [0.25, 0.3) is 0 Å². The van der Waals surface area contributed by atoms with Crippen molar-refractivity contribution >= 4 is 22.4 Å². The third-order valence-corrected chi connectivity index (χ3v) is 5.42. The fraction of sp³-hybridized carbons (Fsp3) is 0.733. The van der Waals surface area contributed by atoms with Gasteiger partial charge in [-0.05, 0) is 44.7 Å². The van der Waals surface area contributed by atoms with Crippen LogP contribution in [0.4, 0.5) is 5.13 Å². The number of amides is 1. The van der Waals surface area contributed by atoms with E-state index in [9.17, 15) is 4.79 Å². The maximum atomic E-state index is 12.3. The van der Waals surface area contributed by atoms with Crippen LogP contribution in [0, 0.1) is 5.92 Å². The molecule has 1 amide bonds. The maximum absolute atomic E-state index is 12.3. The molecule has 0 saturated carbocycles. The summed E-state index contributed by atoms with van der Waals surface area (Å²) in [6.07, 6.45) is 7.94. The average molecular weight is 308 g/mol. The standard InChI is InChI=1S/C15H24N4OS/c16-15-17-10-13(21-15)14(20)19-8-4-12(5-9-19)11-18-6-2-1-3-7-18/h10,12H,1-9,11H2,(H2,16,17). The highest BCUT2D eigenvalue weighted by molar-refractivity contribution is 7.17. The molecular weight excluding hydrogens is 284 g/mol. The second-order valence-corrected chi connectivity index (χ2v) is 7.22. The van der Waals surface area contributed by atoms with Crippen molar-refractivity contribution in [3.63, 3.8) is 0 Å². The molecule has 2 aliphatic rings. The summed E-state index contributed by atoms with van der Waals surface area (Å²) in [5.74, 6) is 0.847. The Hall–Kier alpha value is -1.14. The van der Waals surface area contributed by atoms with E-state index >= 15 is 0 Å². The highest BCUT2D eigenvalue weighted by Crippen LogP contribution is 2.23. The molecule has 0 aromatic carbocycles. The van der Waals surface area contributed by atoms with Gasteiger partial charge in [0.15, 0.2) is 5.13 Å². The molecule has 6 heteroatoms. The Morgan fingerprint density at radius 3 is 2.57 bits per heavy atom. The Morgan fingerprint density at radius 1 is 1.24 bits per heavy atom. The van der Waals surface area contributed by atoms with E-state index < -0.39 is 0 Å². The predicted molar refractivity (Wildman–Crippen MR) is 85.4 cm³/mol. The third kappa shape index (κ3) is 3.74. The SMILES string of the molecule is Nc1ncc(C(=O)N2CCC(CN3CCCCC3)CC2)s1. The van der Waals surface area contributed by atoms with Gasteiger partial charge in [0.1, 0.15) is 4.88 Å². The predicted octanol–water partition coefficient (Wildman–Crippen LogP) is 2.06. The number of likely N-dealkylation sites (tertiary alicyclic amines) is 2. The van der Waals surface area contributed by atoms with Gasteiger partial charge in [0.25, 0.3) is 5.91 Å². The summed E-state index contributed by atoms with van der Waals surface area (Å²) in [5.41, 5.74) is 5.60. The zero-order chi connectivity index (χ0) is 14.7. The number of thiazole rings is 1. The molecule has 0 unspecified atom stereocenters. The molecule has 3 heterocycles. The Labute approximate surface area is 130 Å². The topological polar surface area (TPSA) is 62.5 Å². The summed E-state index contributed by atoms with van der Waals surface area (Å²) in [6, 6.07) is 0. The fourth-order valence-electron chi connectivity index (χ4n) is 3.37. The van der Waals surface area contributed by atoms with Gasteiger partial charge in [-0.15, -0.1) is 0 Å². The zero-order valence-electron chi connectivity index (χ0n) is 12.5. The summed E-state index contributed by atoms with van der Waals surface area (Å²) < 4.78 is 0. The molecule has 1 aromatic rings. The van der Waals surface area contributed by atoms with Gasteiger partial charge < -0.3 is 15.5 Å². The van der Waals surface area contributed by atoms with Gasteiger partial charge in [0.2, 0.25) is 0 Å². The summed E-state index contributed by atoms with van der Waals surface area (Å²) in [6.45, 7) is 5.48. The lowest BCUT2D eigenvalue weighted by molar-refractivity contribution is 0.0665. The Morgan fingerprint density at radius 2 is 1.95 bits per heavy atom. The third-order valence-electron chi connectivity index (χ3n) is 4.60. The first kappa shape index (κ1) is 14.8. The van der Waals surface area contributed by atoms with Gasteiger partial charge in [-0.3, -0.25) is 4.79 Å². The smallest absolute Gasteiger partial charge is 0.265 e. The first-order valence-electron chi connectivity index (χ1n) is 7.95. The number of carbonyl (C=O) groups excluding carboxylic acids is 1. The lowest BCUT2D eigenvalue weighted by Gasteiger charge is -2.36. The quantitative estimate of drug-likeness (QED) is 0.928. The van der Waals surface area contributed by atoms with E-state index in [4.69, 9.17) is 5.73 Å². The molecule has 2 fully saturated rings. The van der Waals surface area contributed by atoms with Crippen molar-refractivity contribution in [2.24, 2.45) is 5.92 Å². The molecule has 0 aliphatic carbocycles. The van der Waals surface area contributed by atoms with Crippen molar-refractivity contribution in [3.8, 4) is 0 Å². The number of nitrogens with two attached hydrogens (primary N) is 1. The molecule has 0 bridgehead atoms. The van der Waals surface area contributed by atoms with Crippen LogP contribution in [0.1, 0.15) is 41.8 Å². The van der Waals surface area contributed by atoms with Crippen LogP contribution in [-0.2, 0) is 0 Å². The summed E-state index contributed by atoms with van der Waals surface area (Å²) in [7, 11) is 0. The second-order valence-electron chi connectivity index (χ2n) is 6.16. The van der Waals surface area contributed by atoms with Gasteiger partial charge in [0, 0.05) is 19.6 Å². The van der Waals surface area contributed by atoms with Gasteiger partial charge in [0.05, 0.1) is 6.20 Å². The Balaban J connectivity index is 1.47. The van der Waals surface area contributed by atoms with Crippen molar-refractivity contribution in [3.05, 3.63) is 11.1 Å². The minimum Gasteiger partial charge on any atom is -0.375 e. The van der Waals surface area contributed by atoms with Crippen LogP contribution in [0.2, 0.25) is 0 Å². The zero-order valence-corrected chi connectivity index (χ0v) is 13.3. The molecule has 0 atom stereocenters. The van der Waals surface area contributed by atoms with Crippen molar-refractivity contribution in [1.82, 2.24) is 14.8 Å². The number of nitrogen functional groups attached to an aromatic ring is 1. The molecule has 2 N–H and O–H groups in total. The number of rotatable bonds is 3. The Kier molecular flexibility index (Phi) is 4.75. The van der Waals surface area contributed by atoms with E-state index in [1.165, 1.54) is 50.2 Å². The second kappa shape index (κ2) is 6.75. The highest BCUT2D eigenvalue weighted by atomic mass is 32.1. The number of nitrogens with zero attached hydrogens (tertiary/aromatic N) is 3. The van der Waals surface area contributed by atoms with Crippen LogP contribution >= 0.6 is 11.3 Å². The molecule has 21 heavy (non-hydrogen) atoms. The summed E-state index contributed by atoms with van der Waals surface area (Å²) in [5, 5.41) is 0.471. The van der Waals surface area contributed by atoms with E-state index in [0.717, 1.165) is 31.8 Å². The normalized spacial score (nSPS) is 21.6. The van der Waals surface area contributed by atoms with E-state index in [2.05, 4.69) is 9.88 Å². The van der Waals surface area contributed by atoms with Gasteiger partial charge in [-0.25, -0.2) is 4.98 Å². The molecule has 3 rings (SSSR count). The lowest BCUT2D eigenvalue weighted by Crippen LogP contribution is -2.42. The molecule has 1 aromatic heterocycles. The van der Waals surface area contributed by atoms with Crippen LogP contribution < -0.4 is 5.73 Å². The van der Waals surface area contributed by atoms with Crippen LogP contribution in [0.3, 0.4) is 0 Å². The molecule has 0 radical (unpaired) electrons. The number of carbonyl (C=O) groups is 1. The first-order chi connectivity index (χ1) is 10.2. The van der Waals surface area contributed by atoms with Gasteiger partial charge in [-0.1, -0.05) is 17.8 Å². The molecular formula is C15H24N4OS. The number of piperidine rings is 2.